The monoisotopic (exact) mass is 176 g/mol. The molecule has 0 atom stereocenters. The molecular weight excluding hydrogens is 168 g/mol. The number of hydrogen-bond donors (Lipinski definition) is 0. The van der Waals surface area contributed by atoms with Crippen LogP contribution in [0.25, 0.3) is 11.5 Å². The van der Waals surface area contributed by atoms with Gasteiger partial charge < -0.3 is 9.26 Å². The van der Waals surface area contributed by atoms with Gasteiger partial charge in [0.15, 0.2) is 0 Å². The molecular formula is C9H8N2O2. The number of nitrogens with zero attached hydrogens (tertiary/aromatic N) is 2. The lowest BCUT2D eigenvalue weighted by Crippen LogP contribution is -1.83. The van der Waals surface area contributed by atoms with Crippen molar-refractivity contribution in [1.82, 2.24) is 10.1 Å². The predicted octanol–water partition coefficient (Wildman–Crippen LogP) is 1.75. The van der Waals surface area contributed by atoms with E-state index in [0.29, 0.717) is 5.89 Å². The zero-order chi connectivity index (χ0) is 9.10. The minimum absolute atomic E-state index is 0.249. The smallest absolute Gasteiger partial charge is 0.354 e. The van der Waals surface area contributed by atoms with Crippen molar-refractivity contribution in [2.45, 2.75) is 0 Å². The van der Waals surface area contributed by atoms with Crippen LogP contribution in [0.4, 0.5) is 0 Å². The Morgan fingerprint density at radius 1 is 1.23 bits per heavy atom. The number of hydrogen-bond acceptors (Lipinski definition) is 4. The summed E-state index contributed by atoms with van der Waals surface area (Å²) in [6.07, 6.45) is 0. The first-order valence-electron chi connectivity index (χ1n) is 3.83. The highest BCUT2D eigenvalue weighted by Gasteiger charge is 2.06. The first-order valence-corrected chi connectivity index (χ1v) is 3.83. The van der Waals surface area contributed by atoms with E-state index in [1.165, 1.54) is 7.11 Å². The van der Waals surface area contributed by atoms with E-state index in [1.54, 1.807) is 0 Å². The summed E-state index contributed by atoms with van der Waals surface area (Å²) < 4.78 is 9.76. The SMILES string of the molecule is COc1noc(-c2ccccc2)n1. The standard InChI is InChI=1S/C9H8N2O2/c1-12-9-10-8(13-11-9)7-5-3-2-4-6-7/h2-6H,1H3. The van der Waals surface area contributed by atoms with E-state index >= 15 is 0 Å². The molecule has 2 rings (SSSR count). The summed E-state index contributed by atoms with van der Waals surface area (Å²) in [6.45, 7) is 0. The zero-order valence-corrected chi connectivity index (χ0v) is 7.10. The molecule has 0 radical (unpaired) electrons. The first-order chi connectivity index (χ1) is 6.40. The third kappa shape index (κ3) is 1.51. The predicted molar refractivity (Wildman–Crippen MR) is 46.3 cm³/mol. The van der Waals surface area contributed by atoms with Gasteiger partial charge in [-0.3, -0.25) is 0 Å². The number of benzene rings is 1. The van der Waals surface area contributed by atoms with Crippen LogP contribution in [0.1, 0.15) is 0 Å². The Morgan fingerprint density at radius 3 is 2.62 bits per heavy atom. The fraction of sp³-hybridized carbons (Fsp3) is 0.111. The van der Waals surface area contributed by atoms with Crippen molar-refractivity contribution < 1.29 is 9.26 Å². The van der Waals surface area contributed by atoms with Crippen LogP contribution in [0.2, 0.25) is 0 Å². The van der Waals surface area contributed by atoms with Crippen LogP contribution in [0.15, 0.2) is 34.9 Å². The summed E-state index contributed by atoms with van der Waals surface area (Å²) in [4.78, 5) is 4.00. The van der Waals surface area contributed by atoms with Crippen LogP contribution in [-0.2, 0) is 0 Å². The lowest BCUT2D eigenvalue weighted by molar-refractivity contribution is 0.338. The Morgan fingerprint density at radius 2 is 2.00 bits per heavy atom. The molecule has 2 aromatic rings. The molecule has 0 saturated carbocycles. The summed E-state index contributed by atoms with van der Waals surface area (Å²) in [6, 6.07) is 9.79. The van der Waals surface area contributed by atoms with Crippen molar-refractivity contribution in [3.63, 3.8) is 0 Å². The number of methoxy groups -OCH3 is 1. The average Bonchev–Trinajstić information content (AvgIpc) is 2.67. The van der Waals surface area contributed by atoms with Crippen LogP contribution in [-0.4, -0.2) is 17.3 Å². The lowest BCUT2D eigenvalue weighted by Gasteiger charge is -1.89. The van der Waals surface area contributed by atoms with Crippen molar-refractivity contribution in [3.05, 3.63) is 30.3 Å². The third-order valence-electron chi connectivity index (χ3n) is 1.61. The third-order valence-corrected chi connectivity index (χ3v) is 1.61. The molecule has 66 valence electrons. The molecule has 0 bridgehead atoms. The van der Waals surface area contributed by atoms with Crippen molar-refractivity contribution >= 4 is 0 Å². The van der Waals surface area contributed by atoms with Gasteiger partial charge in [-0.25, -0.2) is 0 Å². The molecule has 0 aliphatic carbocycles. The van der Waals surface area contributed by atoms with Gasteiger partial charge in [-0.2, -0.15) is 4.98 Å². The van der Waals surface area contributed by atoms with Gasteiger partial charge in [0.1, 0.15) is 0 Å². The molecule has 0 aliphatic rings. The molecule has 1 heterocycles. The van der Waals surface area contributed by atoms with Gasteiger partial charge in [0.05, 0.1) is 7.11 Å². The highest BCUT2D eigenvalue weighted by Crippen LogP contribution is 2.18. The first kappa shape index (κ1) is 7.79. The van der Waals surface area contributed by atoms with E-state index in [1.807, 2.05) is 30.3 Å². The van der Waals surface area contributed by atoms with E-state index in [0.717, 1.165) is 5.56 Å². The Kier molecular flexibility index (Phi) is 1.96. The van der Waals surface area contributed by atoms with Gasteiger partial charge in [0, 0.05) is 5.56 Å². The Hall–Kier alpha value is -1.84. The van der Waals surface area contributed by atoms with E-state index in [4.69, 9.17) is 9.26 Å². The highest BCUT2D eigenvalue weighted by molar-refractivity contribution is 5.52. The van der Waals surface area contributed by atoms with Crippen LogP contribution >= 0.6 is 0 Å². The summed E-state index contributed by atoms with van der Waals surface area (Å²) in [5, 5.41) is 3.60. The van der Waals surface area contributed by atoms with E-state index in [-0.39, 0.29) is 6.01 Å². The Labute approximate surface area is 75.2 Å². The van der Waals surface area contributed by atoms with Crippen LogP contribution in [0.5, 0.6) is 6.01 Å². The van der Waals surface area contributed by atoms with Crippen LogP contribution < -0.4 is 4.74 Å². The maximum Gasteiger partial charge on any atom is 0.354 e. The fourth-order valence-electron chi connectivity index (χ4n) is 0.991. The molecule has 0 fully saturated rings. The second-order valence-corrected chi connectivity index (χ2v) is 2.45. The lowest BCUT2D eigenvalue weighted by atomic mass is 10.2. The number of ether oxygens (including phenoxy) is 1. The summed E-state index contributed by atoms with van der Waals surface area (Å²) in [5.41, 5.74) is 0.887. The largest absolute Gasteiger partial charge is 0.465 e. The van der Waals surface area contributed by atoms with Crippen LogP contribution in [0, 0.1) is 0 Å². The minimum atomic E-state index is 0.249. The van der Waals surface area contributed by atoms with Gasteiger partial charge in [-0.05, 0) is 17.3 Å². The van der Waals surface area contributed by atoms with Gasteiger partial charge >= 0.3 is 6.01 Å². The molecule has 13 heavy (non-hydrogen) atoms. The van der Waals surface area contributed by atoms with E-state index in [2.05, 4.69) is 10.1 Å². The highest BCUT2D eigenvalue weighted by atomic mass is 16.5. The van der Waals surface area contributed by atoms with Crippen molar-refractivity contribution in [2.24, 2.45) is 0 Å². The molecule has 1 aromatic heterocycles. The van der Waals surface area contributed by atoms with Crippen molar-refractivity contribution in [1.29, 1.82) is 0 Å². The molecule has 0 N–H and O–H groups in total. The topological polar surface area (TPSA) is 48.2 Å². The summed E-state index contributed by atoms with van der Waals surface area (Å²) >= 11 is 0. The molecule has 0 unspecified atom stereocenters. The quantitative estimate of drug-likeness (QED) is 0.699. The van der Waals surface area contributed by atoms with E-state index < -0.39 is 0 Å². The Bertz CT molecular complexity index is 384. The summed E-state index contributed by atoms with van der Waals surface area (Å²) in [5.74, 6) is 0.470. The number of aromatic nitrogens is 2. The molecule has 0 aliphatic heterocycles. The van der Waals surface area contributed by atoms with Crippen LogP contribution in [0.3, 0.4) is 0 Å². The minimum Gasteiger partial charge on any atom is -0.465 e. The maximum absolute atomic E-state index is 4.96. The second kappa shape index (κ2) is 3.26. The van der Waals surface area contributed by atoms with Gasteiger partial charge in [0.25, 0.3) is 5.89 Å². The normalized spacial score (nSPS) is 9.92. The van der Waals surface area contributed by atoms with Gasteiger partial charge in [0.2, 0.25) is 0 Å². The second-order valence-electron chi connectivity index (χ2n) is 2.45. The zero-order valence-electron chi connectivity index (χ0n) is 7.10. The van der Waals surface area contributed by atoms with Crippen molar-refractivity contribution in [2.75, 3.05) is 7.11 Å². The fourth-order valence-corrected chi connectivity index (χ4v) is 0.991. The van der Waals surface area contributed by atoms with E-state index in [9.17, 15) is 0 Å². The maximum atomic E-state index is 4.96. The Balaban J connectivity index is 2.36. The molecule has 0 spiro atoms. The molecule has 4 heteroatoms. The van der Waals surface area contributed by atoms with Gasteiger partial charge in [-0.1, -0.05) is 18.2 Å². The molecule has 4 nitrogen and oxygen atoms in total. The van der Waals surface area contributed by atoms with Crippen molar-refractivity contribution in [3.8, 4) is 17.5 Å². The molecule has 0 saturated heterocycles. The molecule has 1 aromatic carbocycles. The summed E-state index contributed by atoms with van der Waals surface area (Å²) in [7, 11) is 1.50. The molecule has 0 amide bonds. The average molecular weight is 176 g/mol. The number of rotatable bonds is 2. The van der Waals surface area contributed by atoms with Gasteiger partial charge in [-0.15, -0.1) is 0 Å².